The van der Waals surface area contributed by atoms with Crippen molar-refractivity contribution in [2.45, 2.75) is 136 Å². The van der Waals surface area contributed by atoms with Crippen LogP contribution in [0.2, 0.25) is 0 Å². The van der Waals surface area contributed by atoms with Crippen molar-refractivity contribution < 1.29 is 0 Å². The fraction of sp³-hybridized carbons (Fsp3) is 0.632. The summed E-state index contributed by atoms with van der Waals surface area (Å²) in [5.74, 6) is 2.16. The lowest BCUT2D eigenvalue weighted by Gasteiger charge is -2.45. The van der Waals surface area contributed by atoms with Crippen LogP contribution in [0.4, 0.5) is 0 Å². The number of benzene rings is 1. The van der Waals surface area contributed by atoms with Crippen molar-refractivity contribution >= 4 is 45.4 Å². The van der Waals surface area contributed by atoms with E-state index in [4.69, 9.17) is 8.75 Å². The molecule has 0 saturated carbocycles. The predicted octanol–water partition coefficient (Wildman–Crippen LogP) is 12.8. The topological polar surface area (TPSA) is 25.8 Å². The summed E-state index contributed by atoms with van der Waals surface area (Å²) in [7, 11) is 0. The Morgan fingerprint density at radius 1 is 0.930 bits per heavy atom. The van der Waals surface area contributed by atoms with Crippen molar-refractivity contribution in [1.82, 2.24) is 8.75 Å². The third-order valence-electron chi connectivity index (χ3n) is 11.4. The van der Waals surface area contributed by atoms with E-state index in [-0.39, 0.29) is 16.2 Å². The van der Waals surface area contributed by atoms with E-state index < -0.39 is 0 Å². The highest BCUT2D eigenvalue weighted by Crippen LogP contribution is 2.65. The van der Waals surface area contributed by atoms with Gasteiger partial charge in [-0.2, -0.15) is 8.75 Å². The molecule has 4 aromatic rings. The molecule has 43 heavy (non-hydrogen) atoms. The van der Waals surface area contributed by atoms with E-state index in [9.17, 15) is 0 Å². The maximum absolute atomic E-state index is 4.89. The molecule has 0 amide bonds. The zero-order valence-corrected chi connectivity index (χ0v) is 30.5. The van der Waals surface area contributed by atoms with Crippen LogP contribution in [-0.4, -0.2) is 8.75 Å². The number of unbranched alkanes of at least 4 members (excludes halogenated alkanes) is 2. The standard InChI is InChI=1S/C38H52N2S3/c1-10-13-15-24(12-3)21-38-22-25(16-14-11-2)23(4)37(8,9)31-20-29(38)35(42-31)34-28(38)19-30(41-34)26-17-18-27(36(5,6)7)33-32(26)39-43-40-33/h17-20,23-25H,10-16,21-22H2,1-9H3. The van der Waals surface area contributed by atoms with Gasteiger partial charge in [0.2, 0.25) is 0 Å². The highest BCUT2D eigenvalue weighted by molar-refractivity contribution is 7.24. The summed E-state index contributed by atoms with van der Waals surface area (Å²) in [5, 5.41) is 0. The van der Waals surface area contributed by atoms with Crippen LogP contribution in [0.5, 0.6) is 0 Å². The number of hydrogen-bond acceptors (Lipinski definition) is 5. The molecule has 2 nitrogen and oxygen atoms in total. The molecule has 3 heterocycles. The summed E-state index contributed by atoms with van der Waals surface area (Å²) in [6.07, 6.45) is 11.8. The van der Waals surface area contributed by atoms with E-state index in [2.05, 4.69) is 97.9 Å². The van der Waals surface area contributed by atoms with Gasteiger partial charge in [0.05, 0.1) is 11.7 Å². The number of fused-ring (bicyclic) bond motifs is 5. The minimum atomic E-state index is 0.0427. The number of nitrogens with zero attached hydrogens (tertiary/aromatic N) is 2. The van der Waals surface area contributed by atoms with Crippen molar-refractivity contribution in [3.63, 3.8) is 0 Å². The molecule has 0 N–H and O–H groups in total. The van der Waals surface area contributed by atoms with Gasteiger partial charge in [-0.15, -0.1) is 22.7 Å². The monoisotopic (exact) mass is 632 g/mol. The Balaban J connectivity index is 1.56. The quantitative estimate of drug-likeness (QED) is 0.174. The van der Waals surface area contributed by atoms with Crippen molar-refractivity contribution in [2.75, 3.05) is 0 Å². The van der Waals surface area contributed by atoms with E-state index in [1.807, 2.05) is 11.3 Å². The second kappa shape index (κ2) is 11.7. The van der Waals surface area contributed by atoms with E-state index in [1.165, 1.54) is 85.5 Å². The van der Waals surface area contributed by atoms with E-state index in [0.29, 0.717) is 5.92 Å². The van der Waals surface area contributed by atoms with Crippen molar-refractivity contribution in [3.8, 4) is 20.2 Å². The lowest BCUT2D eigenvalue weighted by Crippen LogP contribution is -2.39. The molecule has 0 spiro atoms. The average molecular weight is 633 g/mol. The maximum Gasteiger partial charge on any atom is 0.113 e. The van der Waals surface area contributed by atoms with Crippen molar-refractivity contribution in [3.05, 3.63) is 45.8 Å². The molecule has 0 aliphatic heterocycles. The van der Waals surface area contributed by atoms with Gasteiger partial charge in [-0.25, -0.2) is 0 Å². The minimum absolute atomic E-state index is 0.0427. The van der Waals surface area contributed by atoms with Crippen molar-refractivity contribution in [2.24, 2.45) is 17.8 Å². The molecule has 0 saturated heterocycles. The van der Waals surface area contributed by atoms with E-state index >= 15 is 0 Å². The SMILES string of the molecule is CCCCC(CC)CC12CC(CCCC)C(C)C(C)(C)c3cc1c(s3)-c1sc(-c3ccc(C(C)(C)C)c4nsnc34)cc12. The van der Waals surface area contributed by atoms with Crippen LogP contribution < -0.4 is 0 Å². The van der Waals surface area contributed by atoms with Crippen LogP contribution in [0.1, 0.15) is 142 Å². The first-order valence-electron chi connectivity index (χ1n) is 17.0. The van der Waals surface area contributed by atoms with Gasteiger partial charge in [0, 0.05) is 35.9 Å². The summed E-state index contributed by atoms with van der Waals surface area (Å²) in [6.45, 7) is 21.7. The summed E-state index contributed by atoms with van der Waals surface area (Å²) in [5.41, 5.74) is 8.43. The summed E-state index contributed by atoms with van der Waals surface area (Å²) in [6, 6.07) is 9.98. The fourth-order valence-electron chi connectivity index (χ4n) is 8.31. The van der Waals surface area contributed by atoms with Gasteiger partial charge in [-0.1, -0.05) is 119 Å². The summed E-state index contributed by atoms with van der Waals surface area (Å²) < 4.78 is 9.71. The summed E-state index contributed by atoms with van der Waals surface area (Å²) >= 11 is 5.52. The van der Waals surface area contributed by atoms with Crippen molar-refractivity contribution in [1.29, 1.82) is 0 Å². The molecule has 4 unspecified atom stereocenters. The van der Waals surface area contributed by atoms with Gasteiger partial charge in [0.25, 0.3) is 0 Å². The number of thiophene rings is 2. The van der Waals surface area contributed by atoms with Crippen LogP contribution in [0, 0.1) is 17.8 Å². The van der Waals surface area contributed by atoms with Gasteiger partial charge < -0.3 is 0 Å². The Kier molecular flexibility index (Phi) is 8.52. The third-order valence-corrected chi connectivity index (χ3v) is 14.7. The highest BCUT2D eigenvalue weighted by atomic mass is 32.1. The summed E-state index contributed by atoms with van der Waals surface area (Å²) in [4.78, 5) is 6.13. The zero-order chi connectivity index (χ0) is 30.7. The average Bonchev–Trinajstić information content (AvgIpc) is 3.75. The Morgan fingerprint density at radius 3 is 2.33 bits per heavy atom. The number of aromatic nitrogens is 2. The molecule has 2 bridgehead atoms. The maximum atomic E-state index is 4.89. The molecule has 2 aliphatic rings. The molecule has 6 rings (SSSR count). The Labute approximate surface area is 273 Å². The third kappa shape index (κ3) is 5.18. The lowest BCUT2D eigenvalue weighted by atomic mass is 9.59. The van der Waals surface area contributed by atoms with E-state index in [1.54, 1.807) is 25.8 Å². The van der Waals surface area contributed by atoms with Crippen LogP contribution in [0.3, 0.4) is 0 Å². The Bertz CT molecular complexity index is 1590. The second-order valence-corrected chi connectivity index (χ2v) is 18.0. The normalized spacial score (nSPS) is 23.4. The molecule has 2 aliphatic carbocycles. The highest BCUT2D eigenvalue weighted by Gasteiger charge is 2.52. The molecule has 232 valence electrons. The number of rotatable bonds is 10. The predicted molar refractivity (Wildman–Crippen MR) is 191 cm³/mol. The van der Waals surface area contributed by atoms with Crippen LogP contribution >= 0.6 is 34.4 Å². The van der Waals surface area contributed by atoms with E-state index in [0.717, 1.165) is 22.9 Å². The fourth-order valence-corrected chi connectivity index (χ4v) is 11.8. The van der Waals surface area contributed by atoms with Gasteiger partial charge in [-0.3, -0.25) is 0 Å². The molecule has 0 radical (unpaired) electrons. The smallest absolute Gasteiger partial charge is 0.113 e. The number of hydrogen-bond donors (Lipinski definition) is 0. The molecule has 0 fully saturated rings. The van der Waals surface area contributed by atoms with Gasteiger partial charge >= 0.3 is 0 Å². The first-order chi connectivity index (χ1) is 20.5. The first kappa shape index (κ1) is 31.4. The molecule has 3 aromatic heterocycles. The zero-order valence-electron chi connectivity index (χ0n) is 28.0. The van der Waals surface area contributed by atoms with Crippen LogP contribution in [0.15, 0.2) is 24.3 Å². The Hall–Kier alpha value is -1.56. The van der Waals surface area contributed by atoms with Crippen LogP contribution in [0.25, 0.3) is 31.2 Å². The molecule has 5 heteroatoms. The Morgan fingerprint density at radius 2 is 1.63 bits per heavy atom. The van der Waals surface area contributed by atoms with Crippen LogP contribution in [-0.2, 0) is 16.2 Å². The van der Waals surface area contributed by atoms with Gasteiger partial charge in [-0.05, 0) is 64.8 Å². The molecular weight excluding hydrogens is 581 g/mol. The molecule has 4 atom stereocenters. The second-order valence-electron chi connectivity index (χ2n) is 15.4. The molecular formula is C38H52N2S3. The first-order valence-corrected chi connectivity index (χ1v) is 19.4. The molecule has 1 aromatic carbocycles. The minimum Gasteiger partial charge on any atom is -0.173 e. The largest absolute Gasteiger partial charge is 0.173 e. The van der Waals surface area contributed by atoms with Gasteiger partial charge in [0.1, 0.15) is 11.0 Å². The van der Waals surface area contributed by atoms with Gasteiger partial charge in [0.15, 0.2) is 0 Å². The lowest BCUT2D eigenvalue weighted by molar-refractivity contribution is 0.166.